The van der Waals surface area contributed by atoms with Crippen molar-refractivity contribution in [2.24, 2.45) is 0 Å². The third-order valence-electron chi connectivity index (χ3n) is 4.75. The number of hydrogen-bond donors (Lipinski definition) is 2. The maximum Gasteiger partial charge on any atom is 0.347 e. The van der Waals surface area contributed by atoms with Crippen LogP contribution >= 0.6 is 0 Å². The van der Waals surface area contributed by atoms with Gasteiger partial charge in [-0.3, -0.25) is 4.79 Å². The molecule has 0 spiro atoms. The fraction of sp³-hybridized carbons (Fsp3) is 0.909. The molecule has 0 saturated carbocycles. The average Bonchev–Trinajstić information content (AvgIpc) is 2.69. The highest BCUT2D eigenvalue weighted by Crippen LogP contribution is 2.13. The van der Waals surface area contributed by atoms with Crippen molar-refractivity contribution in [2.75, 3.05) is 13.2 Å². The Kier molecular flexibility index (Phi) is 18.4. The van der Waals surface area contributed by atoms with Gasteiger partial charge in [0, 0.05) is 6.42 Å². The number of esters is 2. The summed E-state index contributed by atoms with van der Waals surface area (Å²) in [6, 6.07) is 0. The van der Waals surface area contributed by atoms with Crippen molar-refractivity contribution >= 4 is 11.9 Å². The second kappa shape index (κ2) is 19.2. The SMILES string of the molecule is CCCCCCCCCCCCCCCC(=O)OC(C)C(=O)OCC(O)CO. The van der Waals surface area contributed by atoms with E-state index in [0.29, 0.717) is 6.42 Å². The molecule has 0 amide bonds. The highest BCUT2D eigenvalue weighted by atomic mass is 16.6. The summed E-state index contributed by atoms with van der Waals surface area (Å²) < 4.78 is 9.78. The third kappa shape index (κ3) is 17.0. The fourth-order valence-electron chi connectivity index (χ4n) is 2.94. The van der Waals surface area contributed by atoms with E-state index in [0.717, 1.165) is 19.3 Å². The number of hydrogen-bond acceptors (Lipinski definition) is 6. The highest BCUT2D eigenvalue weighted by molar-refractivity contribution is 5.78. The Morgan fingerprint density at radius 3 is 1.75 bits per heavy atom. The maximum absolute atomic E-state index is 11.7. The summed E-state index contributed by atoms with van der Waals surface area (Å²) >= 11 is 0. The van der Waals surface area contributed by atoms with Gasteiger partial charge in [0.1, 0.15) is 12.7 Å². The zero-order chi connectivity index (χ0) is 21.0. The lowest BCUT2D eigenvalue weighted by molar-refractivity contribution is -0.168. The largest absolute Gasteiger partial charge is 0.460 e. The molecule has 0 saturated heterocycles. The van der Waals surface area contributed by atoms with Gasteiger partial charge in [0.15, 0.2) is 6.10 Å². The monoisotopic (exact) mass is 402 g/mol. The minimum atomic E-state index is -1.11. The molecule has 28 heavy (non-hydrogen) atoms. The van der Waals surface area contributed by atoms with Crippen LogP contribution in [0.3, 0.4) is 0 Å². The Morgan fingerprint density at radius 1 is 0.821 bits per heavy atom. The summed E-state index contributed by atoms with van der Waals surface area (Å²) in [5.41, 5.74) is 0. The first-order valence-corrected chi connectivity index (χ1v) is 11.2. The van der Waals surface area contributed by atoms with Crippen LogP contribution < -0.4 is 0 Å². The number of carbonyl (C=O) groups is 2. The van der Waals surface area contributed by atoms with Crippen LogP contribution in [0.15, 0.2) is 0 Å². The Bertz CT molecular complexity index is 385. The lowest BCUT2D eigenvalue weighted by atomic mass is 10.0. The molecule has 2 N–H and O–H groups in total. The van der Waals surface area contributed by atoms with Crippen LogP contribution in [0.5, 0.6) is 0 Å². The van der Waals surface area contributed by atoms with Gasteiger partial charge in [0.25, 0.3) is 0 Å². The summed E-state index contributed by atoms with van der Waals surface area (Å²) in [5, 5.41) is 17.8. The van der Waals surface area contributed by atoms with Gasteiger partial charge in [0.05, 0.1) is 6.61 Å². The van der Waals surface area contributed by atoms with E-state index in [1.54, 1.807) is 0 Å². The smallest absolute Gasteiger partial charge is 0.347 e. The van der Waals surface area contributed by atoms with Gasteiger partial charge in [-0.1, -0.05) is 84.0 Å². The van der Waals surface area contributed by atoms with Crippen LogP contribution in [0.1, 0.15) is 104 Å². The molecule has 2 unspecified atom stereocenters. The molecule has 0 heterocycles. The van der Waals surface area contributed by atoms with E-state index in [1.165, 1.54) is 71.1 Å². The first-order valence-electron chi connectivity index (χ1n) is 11.2. The molecule has 166 valence electrons. The van der Waals surface area contributed by atoms with E-state index in [1.807, 2.05) is 0 Å². The number of aliphatic hydroxyl groups is 2. The summed E-state index contributed by atoms with van der Waals surface area (Å²) in [6.45, 7) is 2.89. The molecular weight excluding hydrogens is 360 g/mol. The van der Waals surface area contributed by atoms with Gasteiger partial charge >= 0.3 is 11.9 Å². The van der Waals surface area contributed by atoms with Crippen molar-refractivity contribution in [3.8, 4) is 0 Å². The zero-order valence-electron chi connectivity index (χ0n) is 18.0. The molecule has 0 bridgehead atoms. The standard InChI is InChI=1S/C22H42O6/c1-3-4-5-6-7-8-9-10-11-12-13-14-15-16-21(25)28-19(2)22(26)27-18-20(24)17-23/h19-20,23-24H,3-18H2,1-2H3. The number of aliphatic hydroxyl groups excluding tert-OH is 2. The minimum Gasteiger partial charge on any atom is -0.460 e. The van der Waals surface area contributed by atoms with E-state index in [9.17, 15) is 9.59 Å². The second-order valence-corrected chi connectivity index (χ2v) is 7.59. The van der Waals surface area contributed by atoms with Crippen LogP contribution in [0.2, 0.25) is 0 Å². The maximum atomic E-state index is 11.7. The summed E-state index contributed by atoms with van der Waals surface area (Å²) in [5.74, 6) is -1.12. The predicted molar refractivity (Wildman–Crippen MR) is 110 cm³/mol. The Balaban J connectivity index is 3.46. The van der Waals surface area contributed by atoms with Crippen LogP contribution in [0.25, 0.3) is 0 Å². The van der Waals surface area contributed by atoms with Crippen LogP contribution in [0.4, 0.5) is 0 Å². The van der Waals surface area contributed by atoms with Crippen molar-refractivity contribution < 1.29 is 29.3 Å². The quantitative estimate of drug-likeness (QED) is 0.247. The first-order chi connectivity index (χ1) is 13.5. The molecule has 0 aromatic carbocycles. The molecular formula is C22H42O6. The molecule has 6 heteroatoms. The normalized spacial score (nSPS) is 13.1. The van der Waals surface area contributed by atoms with E-state index in [4.69, 9.17) is 19.7 Å². The van der Waals surface area contributed by atoms with Crippen LogP contribution in [0, 0.1) is 0 Å². The van der Waals surface area contributed by atoms with Gasteiger partial charge < -0.3 is 19.7 Å². The van der Waals surface area contributed by atoms with Gasteiger partial charge in [-0.15, -0.1) is 0 Å². The van der Waals surface area contributed by atoms with Gasteiger partial charge in [-0.25, -0.2) is 4.79 Å². The number of ether oxygens (including phenoxy) is 2. The lowest BCUT2D eigenvalue weighted by Gasteiger charge is -2.14. The van der Waals surface area contributed by atoms with E-state index < -0.39 is 30.8 Å². The number of carbonyl (C=O) groups excluding carboxylic acids is 2. The molecule has 0 fully saturated rings. The predicted octanol–water partition coefficient (Wildman–Crippen LogP) is 4.30. The molecule has 0 aromatic heterocycles. The third-order valence-corrected chi connectivity index (χ3v) is 4.75. The summed E-state index contributed by atoms with van der Waals surface area (Å²) in [4.78, 5) is 23.3. The van der Waals surface area contributed by atoms with Crippen molar-refractivity contribution in [3.63, 3.8) is 0 Å². The van der Waals surface area contributed by atoms with Crippen LogP contribution in [-0.4, -0.2) is 47.6 Å². The first kappa shape index (κ1) is 26.9. The van der Waals surface area contributed by atoms with E-state index in [2.05, 4.69) is 6.92 Å². The zero-order valence-corrected chi connectivity index (χ0v) is 18.0. The molecule has 2 atom stereocenters. The molecule has 0 radical (unpaired) electrons. The Labute approximate surface area is 171 Å². The Hall–Kier alpha value is -1.14. The second-order valence-electron chi connectivity index (χ2n) is 7.59. The van der Waals surface area contributed by atoms with Gasteiger partial charge in [-0.2, -0.15) is 0 Å². The highest BCUT2D eigenvalue weighted by Gasteiger charge is 2.20. The summed E-state index contributed by atoms with van der Waals surface area (Å²) in [7, 11) is 0. The average molecular weight is 403 g/mol. The molecule has 6 nitrogen and oxygen atoms in total. The van der Waals surface area contributed by atoms with Crippen molar-refractivity contribution in [2.45, 2.75) is 116 Å². The van der Waals surface area contributed by atoms with E-state index in [-0.39, 0.29) is 6.61 Å². The lowest BCUT2D eigenvalue weighted by Crippen LogP contribution is -2.30. The fourth-order valence-corrected chi connectivity index (χ4v) is 2.94. The number of rotatable bonds is 19. The van der Waals surface area contributed by atoms with Gasteiger partial charge in [-0.05, 0) is 13.3 Å². The molecule has 0 aromatic rings. The van der Waals surface area contributed by atoms with Crippen molar-refractivity contribution in [1.82, 2.24) is 0 Å². The van der Waals surface area contributed by atoms with Crippen molar-refractivity contribution in [3.05, 3.63) is 0 Å². The Morgan fingerprint density at radius 2 is 1.29 bits per heavy atom. The molecule has 0 aliphatic rings. The molecule has 0 aliphatic carbocycles. The van der Waals surface area contributed by atoms with Crippen LogP contribution in [-0.2, 0) is 19.1 Å². The topological polar surface area (TPSA) is 93.1 Å². The number of unbranched alkanes of at least 4 members (excludes halogenated alkanes) is 12. The van der Waals surface area contributed by atoms with Crippen molar-refractivity contribution in [1.29, 1.82) is 0 Å². The molecule has 0 aliphatic heterocycles. The van der Waals surface area contributed by atoms with E-state index >= 15 is 0 Å². The minimum absolute atomic E-state index is 0.300. The summed E-state index contributed by atoms with van der Waals surface area (Å²) in [6.07, 6.45) is 14.3. The van der Waals surface area contributed by atoms with Gasteiger partial charge in [0.2, 0.25) is 0 Å². The molecule has 0 rings (SSSR count).